The van der Waals surface area contributed by atoms with Gasteiger partial charge in [0.15, 0.2) is 0 Å². The quantitative estimate of drug-likeness (QED) is 0.699. The van der Waals surface area contributed by atoms with Gasteiger partial charge in [-0.1, -0.05) is 11.6 Å². The number of hydrogen-bond donors (Lipinski definition) is 2. The Bertz CT molecular complexity index is 771. The van der Waals surface area contributed by atoms with Crippen LogP contribution in [0.5, 0.6) is 0 Å². The van der Waals surface area contributed by atoms with Gasteiger partial charge in [0.2, 0.25) is 5.91 Å². The van der Waals surface area contributed by atoms with Crippen molar-refractivity contribution in [3.63, 3.8) is 0 Å². The molecular formula is C21H28ClN3O2S. The number of aliphatic hydroxyl groups excluding tert-OH is 1. The third kappa shape index (κ3) is 3.91. The van der Waals surface area contributed by atoms with E-state index in [-0.39, 0.29) is 18.0 Å². The number of anilines is 1. The van der Waals surface area contributed by atoms with Crippen LogP contribution in [0.1, 0.15) is 57.9 Å². The highest BCUT2D eigenvalue weighted by atomic mass is 35.5. The Morgan fingerprint density at radius 3 is 2.57 bits per heavy atom. The Labute approximate surface area is 177 Å². The average molecular weight is 422 g/mol. The fourth-order valence-electron chi connectivity index (χ4n) is 4.65. The summed E-state index contributed by atoms with van der Waals surface area (Å²) in [6.07, 6.45) is 6.25. The lowest BCUT2D eigenvalue weighted by atomic mass is 9.82. The summed E-state index contributed by atoms with van der Waals surface area (Å²) in [5.74, 6) is 0.660. The van der Waals surface area contributed by atoms with Gasteiger partial charge in [-0.3, -0.25) is 14.6 Å². The largest absolute Gasteiger partial charge is 0.396 e. The van der Waals surface area contributed by atoms with Crippen molar-refractivity contribution in [1.82, 2.24) is 4.90 Å². The van der Waals surface area contributed by atoms with Gasteiger partial charge in [-0.05, 0) is 76.5 Å². The SMILES string of the molecule is CC1(C)C(=O)N(c2ccc(C#N)c(Cl)c2)C(S)N1C1CCC(CCCO)CC1. The number of nitrogens with zero attached hydrogens (tertiary/aromatic N) is 3. The first kappa shape index (κ1) is 21.4. The second-order valence-electron chi connectivity index (χ2n) is 8.30. The maximum Gasteiger partial charge on any atom is 0.249 e. The Morgan fingerprint density at radius 2 is 2.00 bits per heavy atom. The summed E-state index contributed by atoms with van der Waals surface area (Å²) >= 11 is 11.0. The first-order valence-electron chi connectivity index (χ1n) is 9.92. The Hall–Kier alpha value is -1.26. The van der Waals surface area contributed by atoms with Gasteiger partial charge >= 0.3 is 0 Å². The number of benzene rings is 1. The number of carbonyl (C=O) groups excluding carboxylic acids is 1. The minimum absolute atomic E-state index is 0.00400. The molecule has 7 heteroatoms. The standard InChI is InChI=1S/C21H28ClN3O2S/c1-21(2)19(27)24(17-10-7-15(13-23)18(22)12-17)20(28)25(21)16-8-5-14(6-9-16)4-3-11-26/h7,10,12,14,16,20,26,28H,3-6,8-9,11H2,1-2H3. The maximum absolute atomic E-state index is 13.3. The normalized spacial score (nSPS) is 27.8. The molecule has 1 saturated heterocycles. The number of nitriles is 1. The number of amides is 1. The topological polar surface area (TPSA) is 67.6 Å². The smallest absolute Gasteiger partial charge is 0.249 e. The van der Waals surface area contributed by atoms with Crippen LogP contribution >= 0.6 is 24.2 Å². The van der Waals surface area contributed by atoms with E-state index in [1.165, 1.54) is 0 Å². The highest BCUT2D eigenvalue weighted by Gasteiger charge is 2.53. The van der Waals surface area contributed by atoms with Crippen molar-refractivity contribution in [3.05, 3.63) is 28.8 Å². The van der Waals surface area contributed by atoms with Gasteiger partial charge in [0.05, 0.1) is 16.1 Å². The number of hydrogen-bond acceptors (Lipinski definition) is 5. The molecule has 2 fully saturated rings. The van der Waals surface area contributed by atoms with Crippen molar-refractivity contribution in [2.75, 3.05) is 11.5 Å². The molecule has 0 aromatic heterocycles. The Morgan fingerprint density at radius 1 is 1.32 bits per heavy atom. The molecule has 152 valence electrons. The molecule has 1 N–H and O–H groups in total. The summed E-state index contributed by atoms with van der Waals surface area (Å²) in [6, 6.07) is 7.43. The predicted molar refractivity (Wildman–Crippen MR) is 114 cm³/mol. The zero-order valence-corrected chi connectivity index (χ0v) is 18.1. The molecule has 1 saturated carbocycles. The highest BCUT2D eigenvalue weighted by Crippen LogP contribution is 2.43. The minimum atomic E-state index is -0.657. The zero-order chi connectivity index (χ0) is 20.5. The van der Waals surface area contributed by atoms with E-state index in [2.05, 4.69) is 11.0 Å². The molecule has 1 aliphatic carbocycles. The Balaban J connectivity index is 1.80. The Kier molecular flexibility index (Phi) is 6.61. The molecule has 1 heterocycles. The van der Waals surface area contributed by atoms with Gasteiger partial charge < -0.3 is 5.11 Å². The van der Waals surface area contributed by atoms with Crippen LogP contribution < -0.4 is 4.90 Å². The van der Waals surface area contributed by atoms with Gasteiger partial charge in [0.1, 0.15) is 11.6 Å². The van der Waals surface area contributed by atoms with Crippen molar-refractivity contribution in [3.8, 4) is 6.07 Å². The van der Waals surface area contributed by atoms with E-state index in [1.807, 2.05) is 13.8 Å². The highest BCUT2D eigenvalue weighted by molar-refractivity contribution is 7.81. The summed E-state index contributed by atoms with van der Waals surface area (Å²) < 4.78 is 0. The third-order valence-corrected chi connectivity index (χ3v) is 6.99. The second-order valence-corrected chi connectivity index (χ2v) is 9.17. The molecule has 1 aromatic carbocycles. The van der Waals surface area contributed by atoms with E-state index in [0.717, 1.165) is 38.5 Å². The van der Waals surface area contributed by atoms with Gasteiger partial charge in [-0.25, -0.2) is 0 Å². The molecule has 1 unspecified atom stereocenters. The number of carbonyl (C=O) groups is 1. The van der Waals surface area contributed by atoms with Crippen LogP contribution in [-0.2, 0) is 4.79 Å². The van der Waals surface area contributed by atoms with E-state index in [9.17, 15) is 4.79 Å². The summed E-state index contributed by atoms with van der Waals surface area (Å²) in [5.41, 5.74) is 0.0341. The molecular weight excluding hydrogens is 394 g/mol. The van der Waals surface area contributed by atoms with Crippen LogP contribution in [0.3, 0.4) is 0 Å². The molecule has 5 nitrogen and oxygen atoms in total. The van der Waals surface area contributed by atoms with Crippen molar-refractivity contribution < 1.29 is 9.90 Å². The van der Waals surface area contributed by atoms with E-state index in [0.29, 0.717) is 28.2 Å². The number of thiol groups is 1. The van der Waals surface area contributed by atoms with Gasteiger partial charge in [0, 0.05) is 18.3 Å². The number of halogens is 1. The van der Waals surface area contributed by atoms with Gasteiger partial charge in [-0.2, -0.15) is 5.26 Å². The first-order valence-corrected chi connectivity index (χ1v) is 10.8. The third-order valence-electron chi connectivity index (χ3n) is 6.20. The van der Waals surface area contributed by atoms with Gasteiger partial charge in [0.25, 0.3) is 0 Å². The van der Waals surface area contributed by atoms with E-state index in [1.54, 1.807) is 23.1 Å². The van der Waals surface area contributed by atoms with Crippen molar-refractivity contribution in [1.29, 1.82) is 5.26 Å². The lowest BCUT2D eigenvalue weighted by Crippen LogP contribution is -2.51. The maximum atomic E-state index is 13.3. The molecule has 28 heavy (non-hydrogen) atoms. The van der Waals surface area contributed by atoms with Crippen LogP contribution in [0.15, 0.2) is 18.2 Å². The van der Waals surface area contributed by atoms with Gasteiger partial charge in [-0.15, -0.1) is 12.6 Å². The fraction of sp³-hybridized carbons (Fsp3) is 0.619. The molecule has 1 aliphatic heterocycles. The van der Waals surface area contributed by atoms with E-state index >= 15 is 0 Å². The summed E-state index contributed by atoms with van der Waals surface area (Å²) in [7, 11) is 0. The molecule has 2 aliphatic rings. The molecule has 1 atom stereocenters. The molecule has 0 radical (unpaired) electrons. The molecule has 1 amide bonds. The van der Waals surface area contributed by atoms with Crippen molar-refractivity contribution in [2.24, 2.45) is 5.92 Å². The molecule has 0 bridgehead atoms. The second kappa shape index (κ2) is 8.62. The van der Waals surface area contributed by atoms with Crippen LogP contribution in [-0.4, -0.2) is 39.6 Å². The van der Waals surface area contributed by atoms with Crippen LogP contribution in [0.4, 0.5) is 5.69 Å². The fourth-order valence-corrected chi connectivity index (χ4v) is 5.59. The first-order chi connectivity index (χ1) is 13.3. The molecule has 3 rings (SSSR count). The summed E-state index contributed by atoms with van der Waals surface area (Å²) in [4.78, 5) is 17.2. The molecule has 1 aromatic rings. The summed E-state index contributed by atoms with van der Waals surface area (Å²) in [6.45, 7) is 4.18. The number of rotatable bonds is 5. The van der Waals surface area contributed by atoms with E-state index < -0.39 is 5.54 Å². The van der Waals surface area contributed by atoms with Crippen molar-refractivity contribution in [2.45, 2.75) is 69.5 Å². The lowest BCUT2D eigenvalue weighted by Gasteiger charge is -2.41. The van der Waals surface area contributed by atoms with Crippen LogP contribution in [0, 0.1) is 17.2 Å². The summed E-state index contributed by atoms with van der Waals surface area (Å²) in [5, 5.41) is 18.5. The number of aliphatic hydroxyl groups is 1. The van der Waals surface area contributed by atoms with Crippen LogP contribution in [0.2, 0.25) is 5.02 Å². The predicted octanol–water partition coefficient (Wildman–Crippen LogP) is 4.18. The monoisotopic (exact) mass is 421 g/mol. The van der Waals surface area contributed by atoms with Crippen LogP contribution in [0.25, 0.3) is 0 Å². The minimum Gasteiger partial charge on any atom is -0.396 e. The molecule has 0 spiro atoms. The van der Waals surface area contributed by atoms with E-state index in [4.69, 9.17) is 34.6 Å². The zero-order valence-electron chi connectivity index (χ0n) is 16.4. The average Bonchev–Trinajstić information content (AvgIpc) is 2.85. The lowest BCUT2D eigenvalue weighted by molar-refractivity contribution is -0.124. The van der Waals surface area contributed by atoms with Crippen molar-refractivity contribution >= 4 is 35.8 Å².